The Balaban J connectivity index is 1.69. The standard InChI is InChI=1S/C21H31N7O5/c1-2-3-4-7-28-17(29)10-14(26-21(28)33)19(31)25-15(9-13-11-23-12-24-13)20(32)27-8-5-6-16(27)18(22)30/h11-12,14-16H,2-10H2,1H3,(H2,22,30)(H,23,24)(H,25,31)(H,26,33)/t14?,15-,16-/m0/s1. The van der Waals surface area contributed by atoms with E-state index in [-0.39, 0.29) is 12.8 Å². The van der Waals surface area contributed by atoms with E-state index in [0.29, 0.717) is 38.0 Å². The van der Waals surface area contributed by atoms with Crippen LogP contribution in [0.15, 0.2) is 12.5 Å². The first-order chi connectivity index (χ1) is 15.8. The highest BCUT2D eigenvalue weighted by Crippen LogP contribution is 2.19. The van der Waals surface area contributed by atoms with Gasteiger partial charge >= 0.3 is 6.03 Å². The fourth-order valence-corrected chi connectivity index (χ4v) is 4.20. The van der Waals surface area contributed by atoms with Gasteiger partial charge in [-0.2, -0.15) is 0 Å². The lowest BCUT2D eigenvalue weighted by molar-refractivity contribution is -0.141. The van der Waals surface area contributed by atoms with Crippen molar-refractivity contribution in [1.29, 1.82) is 0 Å². The van der Waals surface area contributed by atoms with Gasteiger partial charge in [0, 0.05) is 31.4 Å². The Morgan fingerprint density at radius 2 is 2.09 bits per heavy atom. The molecule has 6 amide bonds. The van der Waals surface area contributed by atoms with Gasteiger partial charge in [0.2, 0.25) is 23.6 Å². The second kappa shape index (κ2) is 10.9. The second-order valence-electron chi connectivity index (χ2n) is 8.39. The number of nitrogens with one attached hydrogen (secondary N) is 3. The zero-order valence-electron chi connectivity index (χ0n) is 18.7. The minimum absolute atomic E-state index is 0.101. The van der Waals surface area contributed by atoms with Gasteiger partial charge in [0.1, 0.15) is 18.1 Å². The third-order valence-electron chi connectivity index (χ3n) is 5.98. The van der Waals surface area contributed by atoms with Crippen LogP contribution in [-0.4, -0.2) is 80.6 Å². The quantitative estimate of drug-likeness (QED) is 0.339. The number of imide groups is 1. The molecule has 2 fully saturated rings. The maximum absolute atomic E-state index is 13.2. The molecule has 12 heteroatoms. The summed E-state index contributed by atoms with van der Waals surface area (Å²) in [7, 11) is 0. The number of unbranched alkanes of at least 4 members (excludes halogenated alkanes) is 2. The van der Waals surface area contributed by atoms with Crippen LogP contribution in [0.5, 0.6) is 0 Å². The van der Waals surface area contributed by atoms with E-state index < -0.39 is 47.8 Å². The molecule has 3 rings (SSSR count). The highest BCUT2D eigenvalue weighted by molar-refractivity contribution is 6.03. The van der Waals surface area contributed by atoms with Crippen molar-refractivity contribution in [3.05, 3.63) is 18.2 Å². The first kappa shape index (κ1) is 24.2. The predicted molar refractivity (Wildman–Crippen MR) is 116 cm³/mol. The predicted octanol–water partition coefficient (Wildman–Crippen LogP) is -0.586. The van der Waals surface area contributed by atoms with Gasteiger partial charge < -0.3 is 26.3 Å². The zero-order chi connectivity index (χ0) is 24.0. The topological polar surface area (TPSA) is 171 Å². The molecule has 0 saturated carbocycles. The van der Waals surface area contributed by atoms with Crippen LogP contribution in [0, 0.1) is 0 Å². The molecule has 3 atom stereocenters. The van der Waals surface area contributed by atoms with Crippen LogP contribution in [0.25, 0.3) is 0 Å². The third-order valence-corrected chi connectivity index (χ3v) is 5.98. The second-order valence-corrected chi connectivity index (χ2v) is 8.39. The minimum Gasteiger partial charge on any atom is -0.368 e. The van der Waals surface area contributed by atoms with Gasteiger partial charge in [0.25, 0.3) is 0 Å². The van der Waals surface area contributed by atoms with Crippen molar-refractivity contribution in [2.45, 2.75) is 70.0 Å². The fraction of sp³-hybridized carbons (Fsp3) is 0.619. The number of aromatic nitrogens is 2. The molecule has 2 saturated heterocycles. The SMILES string of the molecule is CCCCCN1C(=O)CC(C(=O)N[C@@H](Cc2cnc[nH]2)C(=O)N2CCC[C@H]2C(N)=O)NC1=O. The van der Waals surface area contributed by atoms with Crippen LogP contribution in [0.2, 0.25) is 0 Å². The summed E-state index contributed by atoms with van der Waals surface area (Å²) in [6, 6.07) is -3.46. The largest absolute Gasteiger partial charge is 0.368 e. The van der Waals surface area contributed by atoms with E-state index in [0.717, 1.165) is 17.7 Å². The number of urea groups is 1. The van der Waals surface area contributed by atoms with Crippen LogP contribution in [-0.2, 0) is 25.6 Å². The number of likely N-dealkylation sites (tertiary alicyclic amines) is 1. The number of carbonyl (C=O) groups is 5. The van der Waals surface area contributed by atoms with E-state index in [1.807, 2.05) is 6.92 Å². The van der Waals surface area contributed by atoms with Crippen LogP contribution >= 0.6 is 0 Å². The molecule has 5 N–H and O–H groups in total. The van der Waals surface area contributed by atoms with Crippen molar-refractivity contribution in [2.24, 2.45) is 5.73 Å². The Labute approximate surface area is 191 Å². The summed E-state index contributed by atoms with van der Waals surface area (Å²) < 4.78 is 0. The number of H-pyrrole nitrogens is 1. The molecule has 33 heavy (non-hydrogen) atoms. The zero-order valence-corrected chi connectivity index (χ0v) is 18.7. The molecular weight excluding hydrogens is 430 g/mol. The van der Waals surface area contributed by atoms with Gasteiger partial charge in [-0.3, -0.25) is 24.1 Å². The summed E-state index contributed by atoms with van der Waals surface area (Å²) in [4.78, 5) is 72.1. The van der Waals surface area contributed by atoms with Gasteiger partial charge in [-0.15, -0.1) is 0 Å². The summed E-state index contributed by atoms with van der Waals surface area (Å²) in [5.74, 6) is -2.12. The molecule has 3 heterocycles. The summed E-state index contributed by atoms with van der Waals surface area (Å²) >= 11 is 0. The van der Waals surface area contributed by atoms with E-state index in [2.05, 4.69) is 20.6 Å². The number of imidazole rings is 1. The Bertz CT molecular complexity index is 870. The molecule has 1 unspecified atom stereocenters. The van der Waals surface area contributed by atoms with E-state index in [1.54, 1.807) is 0 Å². The number of rotatable bonds is 10. The van der Waals surface area contributed by atoms with Crippen LogP contribution in [0.3, 0.4) is 0 Å². The Hall–Kier alpha value is -3.44. The smallest absolute Gasteiger partial charge is 0.324 e. The van der Waals surface area contributed by atoms with Crippen molar-refractivity contribution in [3.63, 3.8) is 0 Å². The monoisotopic (exact) mass is 461 g/mol. The van der Waals surface area contributed by atoms with Crippen LogP contribution in [0.1, 0.15) is 51.1 Å². The van der Waals surface area contributed by atoms with E-state index >= 15 is 0 Å². The normalized spacial score (nSPS) is 21.6. The highest BCUT2D eigenvalue weighted by atomic mass is 16.2. The molecule has 2 aliphatic heterocycles. The number of carbonyl (C=O) groups excluding carboxylic acids is 5. The number of amides is 6. The molecule has 0 aliphatic carbocycles. The van der Waals surface area contributed by atoms with Gasteiger partial charge in [-0.25, -0.2) is 9.78 Å². The van der Waals surface area contributed by atoms with Crippen molar-refractivity contribution in [2.75, 3.05) is 13.1 Å². The Morgan fingerprint density at radius 1 is 1.30 bits per heavy atom. The summed E-state index contributed by atoms with van der Waals surface area (Å²) in [5, 5.41) is 5.21. The van der Waals surface area contributed by atoms with Crippen molar-refractivity contribution < 1.29 is 24.0 Å². The molecule has 180 valence electrons. The number of hydrogen-bond acceptors (Lipinski definition) is 6. The lowest BCUT2D eigenvalue weighted by Gasteiger charge is -2.32. The number of primary amides is 1. The molecule has 2 aliphatic rings. The van der Waals surface area contributed by atoms with Crippen LogP contribution in [0.4, 0.5) is 4.79 Å². The minimum atomic E-state index is -1.09. The number of hydrogen-bond donors (Lipinski definition) is 4. The molecule has 0 spiro atoms. The van der Waals surface area contributed by atoms with Gasteiger partial charge in [0.05, 0.1) is 12.7 Å². The molecular formula is C21H31N7O5. The average Bonchev–Trinajstić information content (AvgIpc) is 3.46. The summed E-state index contributed by atoms with van der Waals surface area (Å²) in [6.45, 7) is 2.68. The molecule has 0 bridgehead atoms. The van der Waals surface area contributed by atoms with E-state index in [4.69, 9.17) is 5.73 Å². The molecule has 1 aromatic rings. The van der Waals surface area contributed by atoms with Crippen molar-refractivity contribution in [1.82, 2.24) is 30.4 Å². The van der Waals surface area contributed by atoms with Gasteiger partial charge in [0.15, 0.2) is 0 Å². The van der Waals surface area contributed by atoms with Crippen molar-refractivity contribution >= 4 is 29.7 Å². The van der Waals surface area contributed by atoms with Gasteiger partial charge in [-0.1, -0.05) is 19.8 Å². The summed E-state index contributed by atoms with van der Waals surface area (Å²) in [6.07, 6.45) is 6.53. The first-order valence-electron chi connectivity index (χ1n) is 11.3. The number of nitrogens with two attached hydrogens (primary N) is 1. The Morgan fingerprint density at radius 3 is 2.73 bits per heavy atom. The lowest BCUT2D eigenvalue weighted by atomic mass is 10.1. The summed E-state index contributed by atoms with van der Waals surface area (Å²) in [5.41, 5.74) is 6.05. The average molecular weight is 462 g/mol. The van der Waals surface area contributed by atoms with Gasteiger partial charge in [-0.05, 0) is 19.3 Å². The Kier molecular flexibility index (Phi) is 8.01. The third kappa shape index (κ3) is 5.88. The lowest BCUT2D eigenvalue weighted by Crippen LogP contribution is -2.62. The molecule has 1 aromatic heterocycles. The van der Waals surface area contributed by atoms with E-state index in [1.165, 1.54) is 17.4 Å². The molecule has 12 nitrogen and oxygen atoms in total. The maximum atomic E-state index is 13.2. The van der Waals surface area contributed by atoms with E-state index in [9.17, 15) is 24.0 Å². The number of aromatic amines is 1. The molecule has 0 radical (unpaired) electrons. The van der Waals surface area contributed by atoms with Crippen LogP contribution < -0.4 is 16.4 Å². The highest BCUT2D eigenvalue weighted by Gasteiger charge is 2.40. The maximum Gasteiger partial charge on any atom is 0.324 e. The fourth-order valence-electron chi connectivity index (χ4n) is 4.20. The molecule has 0 aromatic carbocycles. The first-order valence-corrected chi connectivity index (χ1v) is 11.3. The van der Waals surface area contributed by atoms with Crippen molar-refractivity contribution in [3.8, 4) is 0 Å². The number of nitrogens with zero attached hydrogens (tertiary/aromatic N) is 3.